The van der Waals surface area contributed by atoms with Crippen molar-refractivity contribution in [1.29, 1.82) is 0 Å². The molecule has 0 N–H and O–H groups in total. The van der Waals surface area contributed by atoms with Crippen molar-refractivity contribution in [2.24, 2.45) is 0 Å². The van der Waals surface area contributed by atoms with Gasteiger partial charge in [-0.3, -0.25) is 0 Å². The highest BCUT2D eigenvalue weighted by Gasteiger charge is 2.39. The molecule has 0 aromatic rings. The molecule has 5 nitrogen and oxygen atoms in total. The third-order valence-electron chi connectivity index (χ3n) is 3.32. The lowest BCUT2D eigenvalue weighted by Gasteiger charge is -2.28. The SMILES string of the molecule is CCCC[Si](OC)(OC)OCC(CC)OCC1CO1. The highest BCUT2D eigenvalue weighted by atomic mass is 28.4. The molecular weight excluding hydrogens is 264 g/mol. The topological polar surface area (TPSA) is 49.5 Å². The minimum Gasteiger partial charge on any atom is -0.377 e. The van der Waals surface area contributed by atoms with Crippen molar-refractivity contribution in [1.82, 2.24) is 0 Å². The van der Waals surface area contributed by atoms with Crippen molar-refractivity contribution in [3.8, 4) is 0 Å². The summed E-state index contributed by atoms with van der Waals surface area (Å²) >= 11 is 0. The van der Waals surface area contributed by atoms with Crippen LogP contribution in [0.15, 0.2) is 0 Å². The predicted molar refractivity (Wildman–Crippen MR) is 75.2 cm³/mol. The van der Waals surface area contributed by atoms with Crippen LogP contribution in [0.4, 0.5) is 0 Å². The molecule has 1 aliphatic heterocycles. The summed E-state index contributed by atoms with van der Waals surface area (Å²) in [6.45, 7) is 6.25. The lowest BCUT2D eigenvalue weighted by atomic mass is 10.3. The molecule has 0 aliphatic carbocycles. The molecule has 1 rings (SSSR count). The van der Waals surface area contributed by atoms with Gasteiger partial charge in [-0.25, -0.2) is 0 Å². The second-order valence-corrected chi connectivity index (χ2v) is 7.80. The second-order valence-electron chi connectivity index (χ2n) is 4.82. The molecule has 2 unspecified atom stereocenters. The highest BCUT2D eigenvalue weighted by Crippen LogP contribution is 2.19. The van der Waals surface area contributed by atoms with Gasteiger partial charge in [0.05, 0.1) is 25.9 Å². The van der Waals surface area contributed by atoms with Gasteiger partial charge in [-0.15, -0.1) is 0 Å². The van der Waals surface area contributed by atoms with Crippen LogP contribution in [0, 0.1) is 0 Å². The molecule has 0 bridgehead atoms. The normalized spacial score (nSPS) is 20.5. The fourth-order valence-corrected chi connectivity index (χ4v) is 3.96. The number of ether oxygens (including phenoxy) is 2. The predicted octanol–water partition coefficient (Wildman–Crippen LogP) is 2.23. The van der Waals surface area contributed by atoms with Crippen LogP contribution in [-0.2, 0) is 22.8 Å². The van der Waals surface area contributed by atoms with Crippen molar-refractivity contribution in [3.63, 3.8) is 0 Å². The zero-order valence-electron chi connectivity index (χ0n) is 12.6. The quantitative estimate of drug-likeness (QED) is 0.408. The number of hydrogen-bond acceptors (Lipinski definition) is 5. The zero-order chi connectivity index (χ0) is 14.1. The molecule has 0 radical (unpaired) electrons. The van der Waals surface area contributed by atoms with Gasteiger partial charge in [0, 0.05) is 20.3 Å². The molecule has 19 heavy (non-hydrogen) atoms. The Kier molecular flexibility index (Phi) is 8.13. The maximum Gasteiger partial charge on any atom is 0.500 e. The van der Waals surface area contributed by atoms with Crippen LogP contribution in [0.1, 0.15) is 33.1 Å². The Hall–Kier alpha value is 0.0169. The maximum atomic E-state index is 5.96. The van der Waals surface area contributed by atoms with Gasteiger partial charge in [0.15, 0.2) is 0 Å². The molecule has 1 saturated heterocycles. The van der Waals surface area contributed by atoms with E-state index in [0.717, 1.165) is 31.9 Å². The molecule has 0 saturated carbocycles. The Morgan fingerprint density at radius 1 is 1.26 bits per heavy atom. The standard InChI is InChI=1S/C13H28O5Si/c1-5-7-8-19(14-3,15-4)18-11-12(6-2)16-9-13-10-17-13/h12-13H,5-11H2,1-4H3. The van der Waals surface area contributed by atoms with E-state index in [-0.39, 0.29) is 6.10 Å². The summed E-state index contributed by atoms with van der Waals surface area (Å²) < 4.78 is 27.9. The van der Waals surface area contributed by atoms with Gasteiger partial charge in [0.25, 0.3) is 0 Å². The van der Waals surface area contributed by atoms with Gasteiger partial charge >= 0.3 is 8.80 Å². The second kappa shape index (κ2) is 9.04. The van der Waals surface area contributed by atoms with E-state index in [1.54, 1.807) is 14.2 Å². The molecule has 0 amide bonds. The first-order valence-electron chi connectivity index (χ1n) is 7.17. The zero-order valence-corrected chi connectivity index (χ0v) is 13.6. The molecular formula is C13H28O5Si. The summed E-state index contributed by atoms with van der Waals surface area (Å²) in [5.41, 5.74) is 0. The molecule has 2 atom stereocenters. The monoisotopic (exact) mass is 292 g/mol. The van der Waals surface area contributed by atoms with Gasteiger partial charge in [-0.05, 0) is 12.8 Å². The summed E-state index contributed by atoms with van der Waals surface area (Å²) in [6, 6.07) is 0.860. The smallest absolute Gasteiger partial charge is 0.377 e. The van der Waals surface area contributed by atoms with E-state index in [1.807, 2.05) is 0 Å². The lowest BCUT2D eigenvalue weighted by molar-refractivity contribution is -0.0130. The largest absolute Gasteiger partial charge is 0.500 e. The number of unbranched alkanes of at least 4 members (excludes halogenated alkanes) is 1. The Morgan fingerprint density at radius 2 is 1.95 bits per heavy atom. The van der Waals surface area contributed by atoms with E-state index in [4.69, 9.17) is 22.8 Å². The average Bonchev–Trinajstić information content (AvgIpc) is 3.27. The minimum absolute atomic E-state index is 0.0861. The first-order valence-corrected chi connectivity index (χ1v) is 9.10. The van der Waals surface area contributed by atoms with Crippen molar-refractivity contribution < 1.29 is 22.8 Å². The van der Waals surface area contributed by atoms with E-state index in [2.05, 4.69) is 13.8 Å². The Morgan fingerprint density at radius 3 is 2.42 bits per heavy atom. The van der Waals surface area contributed by atoms with Gasteiger partial charge < -0.3 is 22.8 Å². The van der Waals surface area contributed by atoms with Gasteiger partial charge in [-0.1, -0.05) is 20.3 Å². The first kappa shape index (κ1) is 17.1. The first-order chi connectivity index (χ1) is 9.19. The Labute approximate surface area is 117 Å². The molecule has 0 aromatic carbocycles. The fourth-order valence-electron chi connectivity index (χ4n) is 1.78. The summed E-state index contributed by atoms with van der Waals surface area (Å²) in [4.78, 5) is 0. The lowest BCUT2D eigenvalue weighted by Crippen LogP contribution is -2.45. The average molecular weight is 292 g/mol. The Balaban J connectivity index is 2.33. The van der Waals surface area contributed by atoms with Crippen molar-refractivity contribution in [2.75, 3.05) is 34.0 Å². The molecule has 1 aliphatic rings. The van der Waals surface area contributed by atoms with Crippen LogP contribution in [-0.4, -0.2) is 55.1 Å². The van der Waals surface area contributed by atoms with Crippen LogP contribution in [0.2, 0.25) is 6.04 Å². The molecule has 6 heteroatoms. The number of rotatable bonds is 12. The summed E-state index contributed by atoms with van der Waals surface area (Å²) in [5.74, 6) is 0. The van der Waals surface area contributed by atoms with Crippen LogP contribution in [0.3, 0.4) is 0 Å². The van der Waals surface area contributed by atoms with Crippen molar-refractivity contribution in [2.45, 2.75) is 51.4 Å². The fraction of sp³-hybridized carbons (Fsp3) is 1.00. The molecule has 114 valence electrons. The van der Waals surface area contributed by atoms with Crippen LogP contribution < -0.4 is 0 Å². The summed E-state index contributed by atoms with van der Waals surface area (Å²) in [7, 11) is 0.848. The van der Waals surface area contributed by atoms with Crippen molar-refractivity contribution >= 4 is 8.80 Å². The van der Waals surface area contributed by atoms with E-state index < -0.39 is 8.80 Å². The van der Waals surface area contributed by atoms with Gasteiger partial charge in [0.1, 0.15) is 6.10 Å². The summed E-state index contributed by atoms with van der Waals surface area (Å²) in [6.07, 6.45) is 3.46. The molecule has 0 aromatic heterocycles. The van der Waals surface area contributed by atoms with Crippen LogP contribution in [0.5, 0.6) is 0 Å². The minimum atomic E-state index is -2.50. The highest BCUT2D eigenvalue weighted by molar-refractivity contribution is 6.60. The van der Waals surface area contributed by atoms with Crippen LogP contribution >= 0.6 is 0 Å². The third kappa shape index (κ3) is 6.33. The van der Waals surface area contributed by atoms with E-state index in [0.29, 0.717) is 19.3 Å². The van der Waals surface area contributed by atoms with E-state index in [1.165, 1.54) is 0 Å². The molecule has 1 fully saturated rings. The number of hydrogen-bond donors (Lipinski definition) is 0. The van der Waals surface area contributed by atoms with Gasteiger partial charge in [0.2, 0.25) is 0 Å². The molecule has 0 spiro atoms. The molecule has 1 heterocycles. The van der Waals surface area contributed by atoms with Crippen LogP contribution in [0.25, 0.3) is 0 Å². The maximum absolute atomic E-state index is 5.96. The van der Waals surface area contributed by atoms with E-state index >= 15 is 0 Å². The number of epoxide rings is 1. The summed E-state index contributed by atoms with van der Waals surface area (Å²) in [5, 5.41) is 0. The third-order valence-corrected chi connectivity index (χ3v) is 6.14. The Bertz CT molecular complexity index is 231. The van der Waals surface area contributed by atoms with Gasteiger partial charge in [-0.2, -0.15) is 0 Å². The van der Waals surface area contributed by atoms with Crippen molar-refractivity contribution in [3.05, 3.63) is 0 Å². The van der Waals surface area contributed by atoms with E-state index in [9.17, 15) is 0 Å².